The predicted octanol–water partition coefficient (Wildman–Crippen LogP) is 3.41. The summed E-state index contributed by atoms with van der Waals surface area (Å²) in [7, 11) is 0. The summed E-state index contributed by atoms with van der Waals surface area (Å²) in [5.41, 5.74) is 10.3. The molecule has 0 amide bonds. The SMILES string of the molecule is Cc1ccc2c(NN)c3c(nc2c1C)CCCCC3. The lowest BCUT2D eigenvalue weighted by Gasteiger charge is -2.16. The maximum atomic E-state index is 5.80. The standard InChI is InChI=1S/C16H21N3/c1-10-8-9-13-15(11(10)2)18-14-7-5-3-4-6-12(14)16(13)19-17/h8-9H,3-7,17H2,1-2H3,(H,18,19). The molecule has 0 fully saturated rings. The molecular formula is C16H21N3. The number of hydrogen-bond donors (Lipinski definition) is 2. The van der Waals surface area contributed by atoms with Gasteiger partial charge in [-0.2, -0.15) is 0 Å². The number of nitrogens with zero attached hydrogens (tertiary/aromatic N) is 1. The first-order chi connectivity index (χ1) is 9.22. The van der Waals surface area contributed by atoms with Crippen LogP contribution < -0.4 is 11.3 Å². The molecule has 100 valence electrons. The number of fused-ring (bicyclic) bond motifs is 2. The first-order valence-corrected chi connectivity index (χ1v) is 7.10. The number of anilines is 1. The van der Waals surface area contributed by atoms with E-state index in [0.717, 1.165) is 29.4 Å². The zero-order chi connectivity index (χ0) is 13.4. The second-order valence-corrected chi connectivity index (χ2v) is 5.52. The molecule has 0 spiro atoms. The predicted molar refractivity (Wildman–Crippen MR) is 80.3 cm³/mol. The molecule has 1 aromatic carbocycles. The van der Waals surface area contributed by atoms with Gasteiger partial charge in [-0.15, -0.1) is 0 Å². The molecule has 1 aromatic heterocycles. The third-order valence-corrected chi connectivity index (χ3v) is 4.35. The Morgan fingerprint density at radius 1 is 1.11 bits per heavy atom. The molecule has 0 saturated carbocycles. The highest BCUT2D eigenvalue weighted by Gasteiger charge is 2.17. The van der Waals surface area contributed by atoms with Crippen molar-refractivity contribution in [2.75, 3.05) is 5.43 Å². The van der Waals surface area contributed by atoms with Crippen LogP contribution in [-0.4, -0.2) is 4.98 Å². The maximum absolute atomic E-state index is 5.80. The van der Waals surface area contributed by atoms with E-state index in [4.69, 9.17) is 10.8 Å². The highest BCUT2D eigenvalue weighted by atomic mass is 15.2. The number of hydrazine groups is 1. The molecule has 1 heterocycles. The van der Waals surface area contributed by atoms with E-state index in [1.54, 1.807) is 0 Å². The molecule has 2 aromatic rings. The van der Waals surface area contributed by atoms with Crippen LogP contribution in [0.5, 0.6) is 0 Å². The first kappa shape index (κ1) is 12.4. The number of benzene rings is 1. The fourth-order valence-corrected chi connectivity index (χ4v) is 3.07. The normalized spacial score (nSPS) is 15.1. The third-order valence-electron chi connectivity index (χ3n) is 4.35. The number of aromatic nitrogens is 1. The van der Waals surface area contributed by atoms with Gasteiger partial charge in [-0.3, -0.25) is 10.8 Å². The monoisotopic (exact) mass is 255 g/mol. The summed E-state index contributed by atoms with van der Waals surface area (Å²) < 4.78 is 0. The van der Waals surface area contributed by atoms with E-state index in [2.05, 4.69) is 31.4 Å². The minimum absolute atomic E-state index is 1.08. The molecule has 0 bridgehead atoms. The van der Waals surface area contributed by atoms with Gasteiger partial charge in [0.25, 0.3) is 0 Å². The number of nitrogens with one attached hydrogen (secondary N) is 1. The van der Waals surface area contributed by atoms with Gasteiger partial charge in [0.2, 0.25) is 0 Å². The smallest absolute Gasteiger partial charge is 0.0758 e. The summed E-state index contributed by atoms with van der Waals surface area (Å²) in [6, 6.07) is 4.30. The highest BCUT2D eigenvalue weighted by Crippen LogP contribution is 2.34. The van der Waals surface area contributed by atoms with Gasteiger partial charge in [0, 0.05) is 11.1 Å². The Labute approximate surface area is 114 Å². The van der Waals surface area contributed by atoms with Crippen LogP contribution in [0.15, 0.2) is 12.1 Å². The molecule has 1 aliphatic carbocycles. The van der Waals surface area contributed by atoms with E-state index in [0.29, 0.717) is 0 Å². The lowest BCUT2D eigenvalue weighted by Crippen LogP contribution is -2.12. The number of hydrogen-bond acceptors (Lipinski definition) is 3. The van der Waals surface area contributed by atoms with Crippen LogP contribution in [0.3, 0.4) is 0 Å². The van der Waals surface area contributed by atoms with Crippen molar-refractivity contribution < 1.29 is 0 Å². The van der Waals surface area contributed by atoms with Gasteiger partial charge in [0.05, 0.1) is 11.2 Å². The largest absolute Gasteiger partial charge is 0.323 e. The van der Waals surface area contributed by atoms with Crippen molar-refractivity contribution >= 4 is 16.6 Å². The van der Waals surface area contributed by atoms with Gasteiger partial charge in [-0.25, -0.2) is 0 Å². The Kier molecular flexibility index (Phi) is 3.15. The average Bonchev–Trinajstić information content (AvgIpc) is 2.66. The quantitative estimate of drug-likeness (QED) is 0.466. The Bertz CT molecular complexity index is 632. The van der Waals surface area contributed by atoms with Gasteiger partial charge in [-0.05, 0) is 56.2 Å². The molecule has 3 nitrogen and oxygen atoms in total. The molecule has 0 saturated heterocycles. The summed E-state index contributed by atoms with van der Waals surface area (Å²) in [4.78, 5) is 4.95. The van der Waals surface area contributed by atoms with E-state index in [-0.39, 0.29) is 0 Å². The zero-order valence-electron chi connectivity index (χ0n) is 11.7. The fraction of sp³-hybridized carbons (Fsp3) is 0.438. The maximum Gasteiger partial charge on any atom is 0.0758 e. The lowest BCUT2D eigenvalue weighted by molar-refractivity contribution is 0.709. The van der Waals surface area contributed by atoms with Crippen LogP contribution in [0.1, 0.15) is 41.6 Å². The number of nitrogens with two attached hydrogens (primary N) is 1. The van der Waals surface area contributed by atoms with Crippen molar-refractivity contribution in [2.45, 2.75) is 46.0 Å². The zero-order valence-corrected chi connectivity index (χ0v) is 11.7. The molecule has 3 heteroatoms. The lowest BCUT2D eigenvalue weighted by atomic mass is 9.98. The van der Waals surface area contributed by atoms with Crippen molar-refractivity contribution in [3.05, 3.63) is 34.5 Å². The Balaban J connectivity index is 2.36. The van der Waals surface area contributed by atoms with Crippen LogP contribution in [0, 0.1) is 13.8 Å². The summed E-state index contributed by atoms with van der Waals surface area (Å²) in [5.74, 6) is 5.80. The van der Waals surface area contributed by atoms with Crippen molar-refractivity contribution in [1.29, 1.82) is 0 Å². The van der Waals surface area contributed by atoms with E-state index in [9.17, 15) is 0 Å². The van der Waals surface area contributed by atoms with Crippen molar-refractivity contribution in [2.24, 2.45) is 5.84 Å². The molecule has 19 heavy (non-hydrogen) atoms. The van der Waals surface area contributed by atoms with Gasteiger partial charge < -0.3 is 5.43 Å². The van der Waals surface area contributed by atoms with Crippen LogP contribution >= 0.6 is 0 Å². The van der Waals surface area contributed by atoms with E-state index in [1.807, 2.05) is 0 Å². The molecule has 0 radical (unpaired) electrons. The molecule has 1 aliphatic rings. The fourth-order valence-electron chi connectivity index (χ4n) is 3.07. The summed E-state index contributed by atoms with van der Waals surface area (Å²) in [6.45, 7) is 4.28. The van der Waals surface area contributed by atoms with Crippen molar-refractivity contribution in [3.63, 3.8) is 0 Å². The third kappa shape index (κ3) is 1.98. The van der Waals surface area contributed by atoms with E-state index < -0.39 is 0 Å². The summed E-state index contributed by atoms with van der Waals surface area (Å²) in [6.07, 6.45) is 5.92. The average molecular weight is 255 g/mol. The van der Waals surface area contributed by atoms with Crippen molar-refractivity contribution in [3.8, 4) is 0 Å². The van der Waals surface area contributed by atoms with E-state index in [1.165, 1.54) is 41.6 Å². The number of pyridine rings is 1. The number of rotatable bonds is 1. The van der Waals surface area contributed by atoms with E-state index >= 15 is 0 Å². The molecule has 3 rings (SSSR count). The van der Waals surface area contributed by atoms with Crippen molar-refractivity contribution in [1.82, 2.24) is 4.98 Å². The van der Waals surface area contributed by atoms with Gasteiger partial charge in [0.1, 0.15) is 0 Å². The minimum atomic E-state index is 1.08. The highest BCUT2D eigenvalue weighted by molar-refractivity contribution is 5.95. The second kappa shape index (κ2) is 4.82. The Morgan fingerprint density at radius 3 is 2.68 bits per heavy atom. The molecule has 0 atom stereocenters. The second-order valence-electron chi connectivity index (χ2n) is 5.52. The van der Waals surface area contributed by atoms with Gasteiger partial charge in [-0.1, -0.05) is 18.6 Å². The topological polar surface area (TPSA) is 50.9 Å². The number of aryl methyl sites for hydroxylation is 3. The van der Waals surface area contributed by atoms with Crippen LogP contribution in [0.25, 0.3) is 10.9 Å². The summed E-state index contributed by atoms with van der Waals surface area (Å²) >= 11 is 0. The van der Waals surface area contributed by atoms with Crippen LogP contribution in [0.2, 0.25) is 0 Å². The van der Waals surface area contributed by atoms with Gasteiger partial charge in [0.15, 0.2) is 0 Å². The Hall–Kier alpha value is -1.61. The molecule has 0 unspecified atom stereocenters. The molecular weight excluding hydrogens is 234 g/mol. The molecule has 0 aliphatic heterocycles. The van der Waals surface area contributed by atoms with Crippen LogP contribution in [-0.2, 0) is 12.8 Å². The van der Waals surface area contributed by atoms with Gasteiger partial charge >= 0.3 is 0 Å². The Morgan fingerprint density at radius 2 is 1.89 bits per heavy atom. The first-order valence-electron chi connectivity index (χ1n) is 7.10. The molecule has 3 N–H and O–H groups in total. The minimum Gasteiger partial charge on any atom is -0.323 e. The summed E-state index contributed by atoms with van der Waals surface area (Å²) in [5, 5.41) is 1.16. The number of nitrogen functional groups attached to an aromatic ring is 1. The van der Waals surface area contributed by atoms with Crippen LogP contribution in [0.4, 0.5) is 5.69 Å².